The van der Waals surface area contributed by atoms with Crippen LogP contribution in [0.25, 0.3) is 0 Å². The zero-order valence-corrected chi connectivity index (χ0v) is 44.8. The smallest absolute Gasteiger partial charge is 0.306 e. The van der Waals surface area contributed by atoms with Crippen molar-refractivity contribution in [3.05, 3.63) is 109 Å². The highest BCUT2D eigenvalue weighted by Gasteiger charge is 2.19. The maximum atomic E-state index is 12.9. The standard InChI is InChI=1S/C63H104O6/c1-4-7-10-13-16-19-22-25-28-30-32-35-38-41-44-47-50-53-56-62(65)68-59-60(58-67-61(64)55-52-49-46-43-40-37-34-27-24-21-18-15-12-9-6-3)69-63(66)57-54-51-48-45-42-39-36-33-31-29-26-23-20-17-14-11-8-5-2/h9,12,15-16,18-19,21-22,24-25,27-28,30,32,34-35,37,40,60H,4-8,10-11,13-14,17,20,23,26,29,31,33,36,38-39,41-59H2,1-3H3/b12-9-,18-15-,19-16-,24-21-,25-22-,30-28-,34-27-,35-32-,40-37-. The number of hydrogen-bond donors (Lipinski definition) is 0. The topological polar surface area (TPSA) is 78.9 Å². The second-order valence-corrected chi connectivity index (χ2v) is 18.7. The lowest BCUT2D eigenvalue weighted by molar-refractivity contribution is -0.167. The van der Waals surface area contributed by atoms with Gasteiger partial charge in [0.05, 0.1) is 0 Å². The molecule has 0 rings (SSSR count). The first-order valence-electron chi connectivity index (χ1n) is 28.5. The summed E-state index contributed by atoms with van der Waals surface area (Å²) >= 11 is 0. The normalized spacial score (nSPS) is 12.9. The highest BCUT2D eigenvalue weighted by Crippen LogP contribution is 2.16. The minimum atomic E-state index is -0.806. The molecular weight excluding hydrogens is 853 g/mol. The van der Waals surface area contributed by atoms with Crippen LogP contribution in [-0.4, -0.2) is 37.2 Å². The van der Waals surface area contributed by atoms with Gasteiger partial charge in [-0.3, -0.25) is 14.4 Å². The van der Waals surface area contributed by atoms with Crippen molar-refractivity contribution in [1.29, 1.82) is 0 Å². The molecule has 0 aliphatic heterocycles. The molecule has 0 heterocycles. The number of unbranched alkanes of at least 4 members (excludes halogenated alkanes) is 28. The van der Waals surface area contributed by atoms with E-state index in [-0.39, 0.29) is 31.1 Å². The first-order valence-corrected chi connectivity index (χ1v) is 28.5. The number of esters is 3. The van der Waals surface area contributed by atoms with Gasteiger partial charge in [-0.25, -0.2) is 0 Å². The number of carbonyl (C=O) groups excluding carboxylic acids is 3. The maximum Gasteiger partial charge on any atom is 0.306 e. The fraction of sp³-hybridized carbons (Fsp3) is 0.667. The second kappa shape index (κ2) is 56.7. The van der Waals surface area contributed by atoms with Crippen LogP contribution in [0.2, 0.25) is 0 Å². The van der Waals surface area contributed by atoms with Crippen molar-refractivity contribution in [3.8, 4) is 0 Å². The molecule has 392 valence electrons. The summed E-state index contributed by atoms with van der Waals surface area (Å²) in [7, 11) is 0. The van der Waals surface area contributed by atoms with Gasteiger partial charge in [0.15, 0.2) is 6.10 Å². The van der Waals surface area contributed by atoms with E-state index in [9.17, 15) is 14.4 Å². The Labute approximate surface area is 425 Å². The fourth-order valence-electron chi connectivity index (χ4n) is 7.71. The van der Waals surface area contributed by atoms with E-state index in [1.54, 1.807) is 0 Å². The third-order valence-corrected chi connectivity index (χ3v) is 12.0. The molecular formula is C63H104O6. The minimum Gasteiger partial charge on any atom is -0.462 e. The lowest BCUT2D eigenvalue weighted by Crippen LogP contribution is -2.30. The van der Waals surface area contributed by atoms with Crippen molar-refractivity contribution in [2.24, 2.45) is 0 Å². The van der Waals surface area contributed by atoms with E-state index in [2.05, 4.69) is 81.5 Å². The van der Waals surface area contributed by atoms with E-state index in [1.807, 2.05) is 48.6 Å². The molecule has 0 N–H and O–H groups in total. The predicted octanol–water partition coefficient (Wildman–Crippen LogP) is 19.1. The first kappa shape index (κ1) is 65.1. The van der Waals surface area contributed by atoms with Crippen molar-refractivity contribution in [2.75, 3.05) is 13.2 Å². The molecule has 0 spiro atoms. The highest BCUT2D eigenvalue weighted by molar-refractivity contribution is 5.71. The molecule has 0 amide bonds. The van der Waals surface area contributed by atoms with Gasteiger partial charge in [0.1, 0.15) is 13.2 Å². The molecule has 1 unspecified atom stereocenters. The van der Waals surface area contributed by atoms with Gasteiger partial charge >= 0.3 is 17.9 Å². The third kappa shape index (κ3) is 54.9. The molecule has 0 radical (unpaired) electrons. The molecule has 0 aromatic heterocycles. The molecule has 69 heavy (non-hydrogen) atoms. The van der Waals surface area contributed by atoms with E-state index in [1.165, 1.54) is 116 Å². The van der Waals surface area contributed by atoms with Gasteiger partial charge in [0.25, 0.3) is 0 Å². The molecule has 0 bridgehead atoms. The van der Waals surface area contributed by atoms with Gasteiger partial charge in [0, 0.05) is 19.3 Å². The molecule has 0 saturated carbocycles. The van der Waals surface area contributed by atoms with Crippen LogP contribution in [0.15, 0.2) is 109 Å². The van der Waals surface area contributed by atoms with E-state index in [0.717, 1.165) is 96.3 Å². The Bertz CT molecular complexity index is 1420. The molecule has 1 atom stereocenters. The average Bonchev–Trinajstić information content (AvgIpc) is 3.35. The van der Waals surface area contributed by atoms with Gasteiger partial charge in [-0.2, -0.15) is 0 Å². The Hall–Kier alpha value is -3.93. The molecule has 6 nitrogen and oxygen atoms in total. The van der Waals surface area contributed by atoms with Gasteiger partial charge in [-0.05, 0) is 64.2 Å². The predicted molar refractivity (Wildman–Crippen MR) is 297 cm³/mol. The number of rotatable bonds is 50. The summed E-state index contributed by atoms with van der Waals surface area (Å²) in [6, 6.07) is 0. The summed E-state index contributed by atoms with van der Waals surface area (Å²) in [4.78, 5) is 38.1. The van der Waals surface area contributed by atoms with Crippen molar-refractivity contribution in [2.45, 2.75) is 258 Å². The molecule has 0 aromatic rings. The molecule has 0 fully saturated rings. The summed E-state index contributed by atoms with van der Waals surface area (Å²) in [5.74, 6) is -0.964. The summed E-state index contributed by atoms with van der Waals surface area (Å²) in [5, 5.41) is 0. The molecule has 0 aliphatic carbocycles. The van der Waals surface area contributed by atoms with Crippen molar-refractivity contribution in [1.82, 2.24) is 0 Å². The van der Waals surface area contributed by atoms with E-state index >= 15 is 0 Å². The maximum absolute atomic E-state index is 12.9. The Balaban J connectivity index is 4.49. The Morgan fingerprint density at radius 1 is 0.304 bits per heavy atom. The fourth-order valence-corrected chi connectivity index (χ4v) is 7.71. The molecule has 0 saturated heterocycles. The van der Waals surface area contributed by atoms with Crippen LogP contribution < -0.4 is 0 Å². The molecule has 0 aliphatic rings. The van der Waals surface area contributed by atoms with E-state index in [4.69, 9.17) is 14.2 Å². The van der Waals surface area contributed by atoms with Crippen LogP contribution in [0.4, 0.5) is 0 Å². The highest BCUT2D eigenvalue weighted by atomic mass is 16.6. The monoisotopic (exact) mass is 957 g/mol. The Kier molecular flexibility index (Phi) is 53.4. The van der Waals surface area contributed by atoms with Crippen LogP contribution in [-0.2, 0) is 28.6 Å². The van der Waals surface area contributed by atoms with Crippen molar-refractivity contribution in [3.63, 3.8) is 0 Å². The number of carbonyl (C=O) groups is 3. The molecule has 0 aromatic carbocycles. The van der Waals surface area contributed by atoms with Crippen LogP contribution in [0.1, 0.15) is 252 Å². The average molecular weight is 958 g/mol. The summed E-state index contributed by atoms with van der Waals surface area (Å²) in [6.07, 6.45) is 76.4. The number of hydrogen-bond acceptors (Lipinski definition) is 6. The van der Waals surface area contributed by atoms with E-state index in [0.29, 0.717) is 19.3 Å². The van der Waals surface area contributed by atoms with Crippen LogP contribution in [0, 0.1) is 0 Å². The first-order chi connectivity index (χ1) is 34.0. The Morgan fingerprint density at radius 3 is 0.928 bits per heavy atom. The van der Waals surface area contributed by atoms with Crippen LogP contribution in [0.5, 0.6) is 0 Å². The van der Waals surface area contributed by atoms with Crippen LogP contribution in [0.3, 0.4) is 0 Å². The third-order valence-electron chi connectivity index (χ3n) is 12.0. The minimum absolute atomic E-state index is 0.104. The van der Waals surface area contributed by atoms with Gasteiger partial charge < -0.3 is 14.2 Å². The summed E-state index contributed by atoms with van der Waals surface area (Å²) in [6.45, 7) is 6.41. The van der Waals surface area contributed by atoms with Gasteiger partial charge in [-0.1, -0.05) is 278 Å². The zero-order valence-electron chi connectivity index (χ0n) is 44.8. The van der Waals surface area contributed by atoms with Gasteiger partial charge in [-0.15, -0.1) is 0 Å². The number of ether oxygens (including phenoxy) is 3. The zero-order chi connectivity index (χ0) is 50.0. The summed E-state index contributed by atoms with van der Waals surface area (Å²) < 4.78 is 16.8. The SMILES string of the molecule is CC\C=C/C=C\C=C/C=C\C=C/CCCCCC(=O)OCC(COC(=O)CCCCCCC\C=C/C=C\C=C/C=C\CCCCC)OC(=O)CCCCCCCCCCCCCCCCCCCC. The number of allylic oxidation sites excluding steroid dienone is 18. The second-order valence-electron chi connectivity index (χ2n) is 18.7. The largest absolute Gasteiger partial charge is 0.462 e. The lowest BCUT2D eigenvalue weighted by atomic mass is 10.0. The van der Waals surface area contributed by atoms with Gasteiger partial charge in [0.2, 0.25) is 0 Å². The van der Waals surface area contributed by atoms with Crippen molar-refractivity contribution >= 4 is 17.9 Å². The van der Waals surface area contributed by atoms with Crippen LogP contribution >= 0.6 is 0 Å². The van der Waals surface area contributed by atoms with E-state index < -0.39 is 6.10 Å². The van der Waals surface area contributed by atoms with Crippen molar-refractivity contribution < 1.29 is 28.6 Å². The molecule has 6 heteroatoms. The Morgan fingerprint density at radius 2 is 0.565 bits per heavy atom. The summed E-state index contributed by atoms with van der Waals surface area (Å²) in [5.41, 5.74) is 0. The lowest BCUT2D eigenvalue weighted by Gasteiger charge is -2.18. The quantitative estimate of drug-likeness (QED) is 0.0262.